The number of rotatable bonds is 4. The van der Waals surface area contributed by atoms with Gasteiger partial charge in [-0.2, -0.15) is 0 Å². The number of anilines is 1. The molecule has 0 aliphatic heterocycles. The van der Waals surface area contributed by atoms with Gasteiger partial charge in [-0.05, 0) is 38.4 Å². The molecule has 0 radical (unpaired) electrons. The first-order valence-electron chi connectivity index (χ1n) is 5.56. The van der Waals surface area contributed by atoms with Gasteiger partial charge in [0.1, 0.15) is 5.82 Å². The quantitative estimate of drug-likeness (QED) is 0.811. The summed E-state index contributed by atoms with van der Waals surface area (Å²) in [4.78, 5) is 6.93. The van der Waals surface area contributed by atoms with Crippen LogP contribution in [0.3, 0.4) is 0 Å². The zero-order valence-corrected chi connectivity index (χ0v) is 9.75. The van der Waals surface area contributed by atoms with Crippen molar-refractivity contribution in [3.63, 3.8) is 0 Å². The molecule has 82 valence electrons. The molecule has 0 unspecified atom stereocenters. The maximum absolute atomic E-state index is 4.64. The Morgan fingerprint density at radius 1 is 1.47 bits per heavy atom. The Bertz CT molecular complexity index is 345. The number of aryl methyl sites for hydroxylation is 1. The topological polar surface area (TPSA) is 28.2 Å². The molecule has 1 fully saturated rings. The van der Waals surface area contributed by atoms with E-state index in [9.17, 15) is 0 Å². The van der Waals surface area contributed by atoms with Crippen LogP contribution >= 0.6 is 0 Å². The Morgan fingerprint density at radius 2 is 2.20 bits per heavy atom. The summed E-state index contributed by atoms with van der Waals surface area (Å²) in [5.41, 5.74) is 2.42. The van der Waals surface area contributed by atoms with Crippen LogP contribution in [0.15, 0.2) is 12.1 Å². The van der Waals surface area contributed by atoms with Gasteiger partial charge in [0, 0.05) is 25.3 Å². The number of nitrogens with one attached hydrogen (secondary N) is 1. The lowest BCUT2D eigenvalue weighted by atomic mass is 10.2. The summed E-state index contributed by atoms with van der Waals surface area (Å²) in [6, 6.07) is 5.03. The van der Waals surface area contributed by atoms with Gasteiger partial charge in [-0.25, -0.2) is 4.98 Å². The molecule has 0 saturated heterocycles. The predicted molar refractivity (Wildman–Crippen MR) is 63.2 cm³/mol. The molecule has 3 heteroatoms. The molecular formula is C12H19N3. The third kappa shape index (κ3) is 2.29. The Kier molecular flexibility index (Phi) is 2.91. The Balaban J connectivity index is 2.16. The molecule has 0 aromatic carbocycles. The molecule has 2 rings (SSSR count). The monoisotopic (exact) mass is 205 g/mol. The van der Waals surface area contributed by atoms with Gasteiger partial charge in [-0.3, -0.25) is 0 Å². The highest BCUT2D eigenvalue weighted by molar-refractivity contribution is 5.43. The second kappa shape index (κ2) is 4.19. The van der Waals surface area contributed by atoms with Gasteiger partial charge in [0.25, 0.3) is 0 Å². The summed E-state index contributed by atoms with van der Waals surface area (Å²) in [6.07, 6.45) is 2.63. The van der Waals surface area contributed by atoms with Crippen molar-refractivity contribution in [2.45, 2.75) is 32.4 Å². The van der Waals surface area contributed by atoms with E-state index in [0.717, 1.165) is 24.1 Å². The highest BCUT2D eigenvalue weighted by Crippen LogP contribution is 2.29. The lowest BCUT2D eigenvalue weighted by molar-refractivity contribution is 0.799. The van der Waals surface area contributed by atoms with E-state index < -0.39 is 0 Å². The lowest BCUT2D eigenvalue weighted by Crippen LogP contribution is -2.21. The summed E-state index contributed by atoms with van der Waals surface area (Å²) >= 11 is 0. The second-order valence-corrected chi connectivity index (χ2v) is 4.29. The normalized spacial score (nSPS) is 15.4. The van der Waals surface area contributed by atoms with Crippen molar-refractivity contribution in [1.82, 2.24) is 10.3 Å². The summed E-state index contributed by atoms with van der Waals surface area (Å²) in [5, 5.41) is 3.16. The van der Waals surface area contributed by atoms with Gasteiger partial charge in [0.15, 0.2) is 0 Å². The van der Waals surface area contributed by atoms with E-state index in [1.807, 2.05) is 7.05 Å². The summed E-state index contributed by atoms with van der Waals surface area (Å²) in [5.74, 6) is 1.11. The fourth-order valence-electron chi connectivity index (χ4n) is 1.80. The third-order valence-electron chi connectivity index (χ3n) is 3.00. The van der Waals surface area contributed by atoms with E-state index in [0.29, 0.717) is 0 Å². The number of nitrogens with zero attached hydrogens (tertiary/aromatic N) is 2. The van der Waals surface area contributed by atoms with Gasteiger partial charge in [-0.15, -0.1) is 0 Å². The molecule has 1 aliphatic carbocycles. The van der Waals surface area contributed by atoms with Crippen LogP contribution in [0.4, 0.5) is 5.82 Å². The van der Waals surface area contributed by atoms with Gasteiger partial charge < -0.3 is 10.2 Å². The van der Waals surface area contributed by atoms with Crippen LogP contribution in [0.2, 0.25) is 0 Å². The standard InChI is InChI=1S/C12H19N3/c1-9-10(8-13-2)4-7-12(14-9)15(3)11-5-6-11/h4,7,11,13H,5-6,8H2,1-3H3. The predicted octanol–water partition coefficient (Wildman–Crippen LogP) is 1.71. The van der Waals surface area contributed by atoms with Crippen molar-refractivity contribution in [3.8, 4) is 0 Å². The molecule has 1 heterocycles. The molecular weight excluding hydrogens is 186 g/mol. The number of aromatic nitrogens is 1. The van der Waals surface area contributed by atoms with Gasteiger partial charge >= 0.3 is 0 Å². The maximum atomic E-state index is 4.64. The number of hydrogen-bond acceptors (Lipinski definition) is 3. The first-order chi connectivity index (χ1) is 7.22. The van der Waals surface area contributed by atoms with E-state index in [2.05, 4.69) is 41.3 Å². The maximum Gasteiger partial charge on any atom is 0.128 e. The van der Waals surface area contributed by atoms with Crippen molar-refractivity contribution in [2.24, 2.45) is 0 Å². The zero-order chi connectivity index (χ0) is 10.8. The van der Waals surface area contributed by atoms with E-state index in [1.165, 1.54) is 18.4 Å². The van der Waals surface area contributed by atoms with E-state index in [-0.39, 0.29) is 0 Å². The van der Waals surface area contributed by atoms with Crippen molar-refractivity contribution < 1.29 is 0 Å². The van der Waals surface area contributed by atoms with Crippen molar-refractivity contribution in [1.29, 1.82) is 0 Å². The molecule has 1 aliphatic rings. The Morgan fingerprint density at radius 3 is 2.73 bits per heavy atom. The van der Waals surface area contributed by atoms with E-state index >= 15 is 0 Å². The van der Waals surface area contributed by atoms with Crippen molar-refractivity contribution in [3.05, 3.63) is 23.4 Å². The van der Waals surface area contributed by atoms with Crippen LogP contribution in [-0.2, 0) is 6.54 Å². The fraction of sp³-hybridized carbons (Fsp3) is 0.583. The smallest absolute Gasteiger partial charge is 0.128 e. The molecule has 1 saturated carbocycles. The Hall–Kier alpha value is -1.09. The minimum Gasteiger partial charge on any atom is -0.357 e. The van der Waals surface area contributed by atoms with E-state index in [1.54, 1.807) is 0 Å². The average molecular weight is 205 g/mol. The van der Waals surface area contributed by atoms with Crippen molar-refractivity contribution >= 4 is 5.82 Å². The zero-order valence-electron chi connectivity index (χ0n) is 9.75. The molecule has 1 N–H and O–H groups in total. The van der Waals surface area contributed by atoms with Crippen LogP contribution in [-0.4, -0.2) is 25.1 Å². The Labute approximate surface area is 91.5 Å². The number of pyridine rings is 1. The summed E-state index contributed by atoms with van der Waals surface area (Å²) in [6.45, 7) is 2.98. The van der Waals surface area contributed by atoms with Crippen molar-refractivity contribution in [2.75, 3.05) is 19.0 Å². The van der Waals surface area contributed by atoms with Gasteiger partial charge in [0.2, 0.25) is 0 Å². The van der Waals surface area contributed by atoms with Crippen LogP contribution in [0.5, 0.6) is 0 Å². The minimum atomic E-state index is 0.729. The van der Waals surface area contributed by atoms with Crippen LogP contribution in [0, 0.1) is 6.92 Å². The third-order valence-corrected chi connectivity index (χ3v) is 3.00. The molecule has 15 heavy (non-hydrogen) atoms. The van der Waals surface area contributed by atoms with Gasteiger partial charge in [-0.1, -0.05) is 6.07 Å². The average Bonchev–Trinajstić information content (AvgIpc) is 3.04. The molecule has 0 spiro atoms. The summed E-state index contributed by atoms with van der Waals surface area (Å²) in [7, 11) is 4.10. The fourth-order valence-corrected chi connectivity index (χ4v) is 1.80. The number of hydrogen-bond donors (Lipinski definition) is 1. The molecule has 1 aromatic heterocycles. The minimum absolute atomic E-state index is 0.729. The van der Waals surface area contributed by atoms with Gasteiger partial charge in [0.05, 0.1) is 0 Å². The molecule has 0 atom stereocenters. The lowest BCUT2D eigenvalue weighted by Gasteiger charge is -2.18. The molecule has 1 aromatic rings. The first-order valence-corrected chi connectivity index (χ1v) is 5.56. The van der Waals surface area contributed by atoms with Crippen LogP contribution in [0.25, 0.3) is 0 Å². The van der Waals surface area contributed by atoms with Crippen LogP contribution < -0.4 is 10.2 Å². The summed E-state index contributed by atoms with van der Waals surface area (Å²) < 4.78 is 0. The molecule has 0 amide bonds. The largest absolute Gasteiger partial charge is 0.357 e. The van der Waals surface area contributed by atoms with E-state index in [4.69, 9.17) is 0 Å². The second-order valence-electron chi connectivity index (χ2n) is 4.29. The highest BCUT2D eigenvalue weighted by atomic mass is 15.2. The SMILES string of the molecule is CNCc1ccc(N(C)C2CC2)nc1C. The first kappa shape index (κ1) is 10.4. The molecule has 0 bridgehead atoms. The van der Waals surface area contributed by atoms with Crippen LogP contribution in [0.1, 0.15) is 24.1 Å². The molecule has 3 nitrogen and oxygen atoms in total. The highest BCUT2D eigenvalue weighted by Gasteiger charge is 2.27.